The first-order valence-corrected chi connectivity index (χ1v) is 10.3. The first kappa shape index (κ1) is 17.8. The summed E-state index contributed by atoms with van der Waals surface area (Å²) in [6, 6.07) is 10.7. The number of nitrogens with zero attached hydrogens (tertiary/aromatic N) is 2. The predicted octanol–water partition coefficient (Wildman–Crippen LogP) is 5.68. The third-order valence-corrected chi connectivity index (χ3v) is 5.86. The van der Waals surface area contributed by atoms with Crippen LogP contribution >= 0.6 is 15.9 Å². The van der Waals surface area contributed by atoms with Crippen LogP contribution in [-0.2, 0) is 4.74 Å². The molecular weight excluding hydrogens is 392 g/mol. The van der Waals surface area contributed by atoms with Gasteiger partial charge in [-0.2, -0.15) is 0 Å². The van der Waals surface area contributed by atoms with Crippen molar-refractivity contribution >= 4 is 33.7 Å². The standard InChI is InChI=1S/C21H25BrN2O2/c22-20-14-19(26-21(20)24-10-12-25-13-11-24)15-23-18-8-6-17(7-9-18)16-4-2-1-3-5-16/h6-9,14-16H,1-5,10-13H2. The fraction of sp³-hybridized carbons (Fsp3) is 0.476. The van der Waals surface area contributed by atoms with Crippen LogP contribution in [0.4, 0.5) is 11.6 Å². The fourth-order valence-corrected chi connectivity index (χ4v) is 4.39. The Kier molecular flexibility index (Phi) is 5.75. The molecule has 5 heteroatoms. The van der Waals surface area contributed by atoms with Crippen LogP contribution < -0.4 is 4.90 Å². The van der Waals surface area contributed by atoms with E-state index in [1.807, 2.05) is 6.07 Å². The lowest BCUT2D eigenvalue weighted by Crippen LogP contribution is -2.36. The van der Waals surface area contributed by atoms with Crippen molar-refractivity contribution in [3.05, 3.63) is 46.1 Å². The Morgan fingerprint density at radius 3 is 2.50 bits per heavy atom. The summed E-state index contributed by atoms with van der Waals surface area (Å²) < 4.78 is 12.3. The zero-order valence-corrected chi connectivity index (χ0v) is 16.6. The lowest BCUT2D eigenvalue weighted by Gasteiger charge is -2.26. The average Bonchev–Trinajstić information content (AvgIpc) is 3.09. The molecule has 4 rings (SSSR count). The second-order valence-corrected chi connectivity index (χ2v) is 7.94. The van der Waals surface area contributed by atoms with Gasteiger partial charge in [-0.25, -0.2) is 0 Å². The molecule has 1 aliphatic carbocycles. The molecule has 2 fully saturated rings. The number of anilines is 1. The summed E-state index contributed by atoms with van der Waals surface area (Å²) in [6.07, 6.45) is 8.57. The van der Waals surface area contributed by atoms with E-state index in [-0.39, 0.29) is 0 Å². The van der Waals surface area contributed by atoms with Crippen LogP contribution in [0.2, 0.25) is 0 Å². The van der Waals surface area contributed by atoms with Crippen LogP contribution in [0.5, 0.6) is 0 Å². The molecule has 2 aliphatic rings. The summed E-state index contributed by atoms with van der Waals surface area (Å²) in [5.74, 6) is 2.36. The van der Waals surface area contributed by atoms with Gasteiger partial charge in [0.1, 0.15) is 5.76 Å². The van der Waals surface area contributed by atoms with Crippen molar-refractivity contribution in [2.75, 3.05) is 31.2 Å². The van der Waals surface area contributed by atoms with Crippen molar-refractivity contribution < 1.29 is 9.15 Å². The molecule has 0 unspecified atom stereocenters. The minimum Gasteiger partial charge on any atom is -0.438 e. The van der Waals surface area contributed by atoms with E-state index in [1.54, 1.807) is 6.21 Å². The number of rotatable bonds is 4. The van der Waals surface area contributed by atoms with Crippen molar-refractivity contribution in [3.63, 3.8) is 0 Å². The Morgan fingerprint density at radius 2 is 1.77 bits per heavy atom. The Hall–Kier alpha value is -1.59. The molecule has 0 bridgehead atoms. The predicted molar refractivity (Wildman–Crippen MR) is 109 cm³/mol. The summed E-state index contributed by atoms with van der Waals surface area (Å²) in [6.45, 7) is 3.18. The van der Waals surface area contributed by atoms with Gasteiger partial charge in [0, 0.05) is 19.2 Å². The number of furan rings is 1. The summed E-state index contributed by atoms with van der Waals surface area (Å²) in [5.41, 5.74) is 2.42. The average molecular weight is 417 g/mol. The lowest BCUT2D eigenvalue weighted by molar-refractivity contribution is 0.120. The van der Waals surface area contributed by atoms with Gasteiger partial charge >= 0.3 is 0 Å². The van der Waals surface area contributed by atoms with Crippen LogP contribution in [0.25, 0.3) is 0 Å². The van der Waals surface area contributed by atoms with Crippen LogP contribution in [0, 0.1) is 0 Å². The minimum atomic E-state index is 0.735. The fourth-order valence-electron chi connectivity index (χ4n) is 3.83. The lowest BCUT2D eigenvalue weighted by atomic mass is 9.84. The number of benzene rings is 1. The van der Waals surface area contributed by atoms with Crippen LogP contribution in [0.1, 0.15) is 49.3 Å². The van der Waals surface area contributed by atoms with Gasteiger partial charge in [-0.05, 0) is 52.4 Å². The Labute approximate surface area is 163 Å². The molecule has 26 heavy (non-hydrogen) atoms. The van der Waals surface area contributed by atoms with Gasteiger partial charge < -0.3 is 14.1 Å². The molecule has 138 valence electrons. The first-order valence-electron chi connectivity index (χ1n) is 9.56. The molecule has 0 amide bonds. The number of hydrogen-bond donors (Lipinski definition) is 0. The van der Waals surface area contributed by atoms with Gasteiger partial charge in [0.25, 0.3) is 0 Å². The maximum atomic E-state index is 5.97. The highest BCUT2D eigenvalue weighted by Crippen LogP contribution is 2.33. The number of morpholine rings is 1. The largest absolute Gasteiger partial charge is 0.438 e. The molecule has 1 saturated heterocycles. The monoisotopic (exact) mass is 416 g/mol. The number of halogens is 1. The topological polar surface area (TPSA) is 38.0 Å². The molecule has 2 heterocycles. The Bertz CT molecular complexity index is 742. The Balaban J connectivity index is 1.42. The van der Waals surface area contributed by atoms with E-state index in [4.69, 9.17) is 9.15 Å². The van der Waals surface area contributed by atoms with E-state index in [9.17, 15) is 0 Å². The van der Waals surface area contributed by atoms with E-state index in [0.29, 0.717) is 0 Å². The number of hydrogen-bond acceptors (Lipinski definition) is 4. The van der Waals surface area contributed by atoms with Gasteiger partial charge in [-0.15, -0.1) is 0 Å². The second-order valence-electron chi connectivity index (χ2n) is 7.09. The third-order valence-electron chi connectivity index (χ3n) is 5.30. The Morgan fingerprint density at radius 1 is 1.04 bits per heavy atom. The summed E-state index contributed by atoms with van der Waals surface area (Å²) in [7, 11) is 0. The molecule has 1 saturated carbocycles. The van der Waals surface area contributed by atoms with Gasteiger partial charge in [-0.1, -0.05) is 31.4 Å². The molecule has 1 aromatic carbocycles. The highest BCUT2D eigenvalue weighted by atomic mass is 79.9. The van der Waals surface area contributed by atoms with E-state index < -0.39 is 0 Å². The summed E-state index contributed by atoms with van der Waals surface area (Å²) in [4.78, 5) is 6.78. The highest BCUT2D eigenvalue weighted by molar-refractivity contribution is 9.10. The second kappa shape index (κ2) is 8.40. The van der Waals surface area contributed by atoms with E-state index in [0.717, 1.165) is 54.0 Å². The molecule has 0 N–H and O–H groups in total. The van der Waals surface area contributed by atoms with Crippen LogP contribution in [0.3, 0.4) is 0 Å². The minimum absolute atomic E-state index is 0.735. The summed E-state index contributed by atoms with van der Waals surface area (Å²) >= 11 is 3.59. The zero-order chi connectivity index (χ0) is 17.8. The van der Waals surface area contributed by atoms with Gasteiger partial charge in [0.2, 0.25) is 5.88 Å². The van der Waals surface area contributed by atoms with Crippen molar-refractivity contribution in [2.45, 2.75) is 38.0 Å². The van der Waals surface area contributed by atoms with Crippen LogP contribution in [-0.4, -0.2) is 32.5 Å². The van der Waals surface area contributed by atoms with Gasteiger partial charge in [0.05, 0.1) is 29.6 Å². The van der Waals surface area contributed by atoms with Crippen molar-refractivity contribution in [1.82, 2.24) is 0 Å². The van der Waals surface area contributed by atoms with Gasteiger partial charge in [-0.3, -0.25) is 4.99 Å². The molecule has 1 aliphatic heterocycles. The number of ether oxygens (including phenoxy) is 1. The van der Waals surface area contributed by atoms with Crippen molar-refractivity contribution in [2.24, 2.45) is 4.99 Å². The molecular formula is C21H25BrN2O2. The van der Waals surface area contributed by atoms with Crippen molar-refractivity contribution in [3.8, 4) is 0 Å². The molecule has 0 spiro atoms. The van der Waals surface area contributed by atoms with E-state index >= 15 is 0 Å². The first-order chi connectivity index (χ1) is 12.8. The summed E-state index contributed by atoms with van der Waals surface area (Å²) in [5, 5.41) is 0. The maximum absolute atomic E-state index is 5.97. The van der Waals surface area contributed by atoms with Crippen LogP contribution in [0.15, 0.2) is 44.2 Å². The van der Waals surface area contributed by atoms with Gasteiger partial charge in [0.15, 0.2) is 0 Å². The molecule has 0 radical (unpaired) electrons. The SMILES string of the molecule is Brc1cc(C=Nc2ccc(C3CCCCC3)cc2)oc1N1CCOCC1. The third kappa shape index (κ3) is 4.21. The quantitative estimate of drug-likeness (QED) is 0.601. The molecule has 1 aromatic heterocycles. The molecule has 0 atom stereocenters. The smallest absolute Gasteiger partial charge is 0.210 e. The van der Waals surface area contributed by atoms with Crippen molar-refractivity contribution in [1.29, 1.82) is 0 Å². The maximum Gasteiger partial charge on any atom is 0.210 e. The van der Waals surface area contributed by atoms with E-state index in [2.05, 4.69) is 50.1 Å². The van der Waals surface area contributed by atoms with E-state index in [1.165, 1.54) is 37.7 Å². The molecule has 4 nitrogen and oxygen atoms in total. The normalized spacial score (nSPS) is 19.3. The number of aliphatic imine (C=N–C) groups is 1. The zero-order valence-electron chi connectivity index (χ0n) is 15.0. The highest BCUT2D eigenvalue weighted by Gasteiger charge is 2.18. The molecule has 2 aromatic rings.